The fourth-order valence-corrected chi connectivity index (χ4v) is 2.28. The van der Waals surface area contributed by atoms with Crippen molar-refractivity contribution in [2.75, 3.05) is 10.6 Å². The van der Waals surface area contributed by atoms with Crippen molar-refractivity contribution < 1.29 is 14.4 Å². The lowest BCUT2D eigenvalue weighted by atomic mass is 10.1. The van der Waals surface area contributed by atoms with Gasteiger partial charge in [-0.15, -0.1) is 0 Å². The molecular formula is C18H17ClN2O3. The Labute approximate surface area is 145 Å². The summed E-state index contributed by atoms with van der Waals surface area (Å²) in [6.07, 6.45) is -0.337. The van der Waals surface area contributed by atoms with Gasteiger partial charge in [0.15, 0.2) is 5.78 Å². The van der Waals surface area contributed by atoms with E-state index in [2.05, 4.69) is 10.6 Å². The molecule has 0 aromatic heterocycles. The number of ketones is 1. The molecule has 0 saturated carbocycles. The molecule has 2 aromatic carbocycles. The second-order valence-corrected chi connectivity index (χ2v) is 5.73. The monoisotopic (exact) mass is 344 g/mol. The molecular weight excluding hydrogens is 328 g/mol. The highest BCUT2D eigenvalue weighted by Gasteiger charge is 2.12. The van der Waals surface area contributed by atoms with Gasteiger partial charge in [0.2, 0.25) is 11.8 Å². The Bertz CT molecular complexity index is 803. The Kier molecular flexibility index (Phi) is 5.71. The van der Waals surface area contributed by atoms with Gasteiger partial charge in [0, 0.05) is 22.0 Å². The van der Waals surface area contributed by atoms with Gasteiger partial charge >= 0.3 is 0 Å². The van der Waals surface area contributed by atoms with E-state index in [-0.39, 0.29) is 12.2 Å². The summed E-state index contributed by atoms with van der Waals surface area (Å²) >= 11 is 5.99. The summed E-state index contributed by atoms with van der Waals surface area (Å²) in [5, 5.41) is 5.80. The highest BCUT2D eigenvalue weighted by molar-refractivity contribution is 6.31. The van der Waals surface area contributed by atoms with Crippen molar-refractivity contribution >= 4 is 40.6 Å². The number of Topliss-reactive ketones (excluding diaryl/α,β-unsaturated/α-hetero) is 1. The lowest BCUT2D eigenvalue weighted by Crippen LogP contribution is -2.21. The van der Waals surface area contributed by atoms with E-state index in [1.54, 1.807) is 49.4 Å². The molecule has 2 amide bonds. The maximum absolute atomic E-state index is 12.0. The van der Waals surface area contributed by atoms with Crippen LogP contribution in [0.5, 0.6) is 0 Å². The Morgan fingerprint density at radius 3 is 2.38 bits per heavy atom. The van der Waals surface area contributed by atoms with Crippen molar-refractivity contribution in [1.82, 2.24) is 0 Å². The molecule has 24 heavy (non-hydrogen) atoms. The molecule has 0 bridgehead atoms. The second-order valence-electron chi connectivity index (χ2n) is 5.32. The highest BCUT2D eigenvalue weighted by Crippen LogP contribution is 2.23. The highest BCUT2D eigenvalue weighted by atomic mass is 35.5. The predicted molar refractivity (Wildman–Crippen MR) is 94.5 cm³/mol. The molecule has 2 N–H and O–H groups in total. The van der Waals surface area contributed by atoms with Crippen LogP contribution in [0.3, 0.4) is 0 Å². The van der Waals surface area contributed by atoms with Gasteiger partial charge in [0.25, 0.3) is 0 Å². The third-order valence-electron chi connectivity index (χ3n) is 3.42. The van der Waals surface area contributed by atoms with Gasteiger partial charge in [0.05, 0.1) is 0 Å². The Morgan fingerprint density at radius 2 is 1.67 bits per heavy atom. The van der Waals surface area contributed by atoms with Gasteiger partial charge in [0.1, 0.15) is 6.42 Å². The molecule has 124 valence electrons. The van der Waals surface area contributed by atoms with Crippen LogP contribution in [0.2, 0.25) is 5.02 Å². The SMILES string of the molecule is CC(=O)c1cccc(NC(=O)CC(=O)Nc2cccc(Cl)c2C)c1. The lowest BCUT2D eigenvalue weighted by Gasteiger charge is -2.10. The van der Waals surface area contributed by atoms with E-state index in [1.165, 1.54) is 6.92 Å². The number of hydrogen-bond acceptors (Lipinski definition) is 3. The largest absolute Gasteiger partial charge is 0.326 e. The fourth-order valence-electron chi connectivity index (χ4n) is 2.10. The van der Waals surface area contributed by atoms with Crippen LogP contribution in [-0.2, 0) is 9.59 Å². The van der Waals surface area contributed by atoms with Gasteiger partial charge in [-0.3, -0.25) is 14.4 Å². The van der Waals surface area contributed by atoms with Crippen LogP contribution in [0.15, 0.2) is 42.5 Å². The first-order valence-electron chi connectivity index (χ1n) is 7.32. The molecule has 2 rings (SSSR count). The van der Waals surface area contributed by atoms with Crippen molar-refractivity contribution in [2.45, 2.75) is 20.3 Å². The molecule has 0 aliphatic rings. The Hall–Kier alpha value is -2.66. The molecule has 0 aliphatic carbocycles. The number of halogens is 1. The second kappa shape index (κ2) is 7.75. The van der Waals surface area contributed by atoms with E-state index in [9.17, 15) is 14.4 Å². The summed E-state index contributed by atoms with van der Waals surface area (Å²) < 4.78 is 0. The minimum Gasteiger partial charge on any atom is -0.326 e. The van der Waals surface area contributed by atoms with Crippen LogP contribution in [0.1, 0.15) is 29.3 Å². The molecule has 0 fully saturated rings. The van der Waals surface area contributed by atoms with Crippen LogP contribution in [0.25, 0.3) is 0 Å². The zero-order valence-electron chi connectivity index (χ0n) is 13.4. The smallest absolute Gasteiger partial charge is 0.233 e. The fraction of sp³-hybridized carbons (Fsp3) is 0.167. The number of hydrogen-bond donors (Lipinski definition) is 2. The van der Waals surface area contributed by atoms with Gasteiger partial charge in [-0.1, -0.05) is 29.8 Å². The van der Waals surface area contributed by atoms with Crippen LogP contribution in [0.4, 0.5) is 11.4 Å². The van der Waals surface area contributed by atoms with E-state index in [0.717, 1.165) is 5.56 Å². The quantitative estimate of drug-likeness (QED) is 0.639. The summed E-state index contributed by atoms with van der Waals surface area (Å²) in [5.41, 5.74) is 2.27. The molecule has 0 spiro atoms. The standard InChI is InChI=1S/C18H17ClN2O3/c1-11-15(19)7-4-8-16(11)21-18(24)10-17(23)20-14-6-3-5-13(9-14)12(2)22/h3-9H,10H2,1-2H3,(H,20,23)(H,21,24). The van der Waals surface area contributed by atoms with Gasteiger partial charge in [-0.2, -0.15) is 0 Å². The topological polar surface area (TPSA) is 75.3 Å². The van der Waals surface area contributed by atoms with E-state index in [0.29, 0.717) is 22.0 Å². The number of nitrogens with one attached hydrogen (secondary N) is 2. The van der Waals surface area contributed by atoms with E-state index in [4.69, 9.17) is 11.6 Å². The Balaban J connectivity index is 1.97. The number of benzene rings is 2. The summed E-state index contributed by atoms with van der Waals surface area (Å²) in [6, 6.07) is 11.7. The molecule has 0 saturated heterocycles. The van der Waals surface area contributed by atoms with Crippen molar-refractivity contribution in [3.05, 3.63) is 58.6 Å². The third-order valence-corrected chi connectivity index (χ3v) is 3.83. The first-order chi connectivity index (χ1) is 11.4. The summed E-state index contributed by atoms with van der Waals surface area (Å²) in [5.74, 6) is -1.01. The van der Waals surface area contributed by atoms with Crippen LogP contribution < -0.4 is 10.6 Å². The maximum Gasteiger partial charge on any atom is 0.233 e. The van der Waals surface area contributed by atoms with Crippen molar-refractivity contribution in [3.63, 3.8) is 0 Å². The first kappa shape index (κ1) is 17.7. The summed E-state index contributed by atoms with van der Waals surface area (Å²) in [6.45, 7) is 3.23. The van der Waals surface area contributed by atoms with Gasteiger partial charge < -0.3 is 10.6 Å². The molecule has 0 aliphatic heterocycles. The molecule has 0 radical (unpaired) electrons. The van der Waals surface area contributed by atoms with E-state index >= 15 is 0 Å². The number of rotatable bonds is 5. The molecule has 2 aromatic rings. The van der Waals surface area contributed by atoms with Gasteiger partial charge in [-0.25, -0.2) is 0 Å². The number of carbonyl (C=O) groups excluding carboxylic acids is 3. The zero-order chi connectivity index (χ0) is 17.7. The number of carbonyl (C=O) groups is 3. The van der Waals surface area contributed by atoms with Crippen LogP contribution >= 0.6 is 11.6 Å². The average Bonchev–Trinajstić information content (AvgIpc) is 2.51. The number of amides is 2. The Morgan fingerprint density at radius 1 is 1.00 bits per heavy atom. The normalized spacial score (nSPS) is 10.1. The van der Waals surface area contributed by atoms with Crippen molar-refractivity contribution in [2.24, 2.45) is 0 Å². The summed E-state index contributed by atoms with van der Waals surface area (Å²) in [4.78, 5) is 35.3. The first-order valence-corrected chi connectivity index (χ1v) is 7.70. The van der Waals surface area contributed by atoms with Crippen LogP contribution in [0, 0.1) is 6.92 Å². The lowest BCUT2D eigenvalue weighted by molar-refractivity contribution is -0.123. The molecule has 0 heterocycles. The summed E-state index contributed by atoms with van der Waals surface area (Å²) in [7, 11) is 0. The predicted octanol–water partition coefficient (Wildman–Crippen LogP) is 3.82. The molecule has 0 atom stereocenters. The van der Waals surface area contributed by atoms with Crippen molar-refractivity contribution in [1.29, 1.82) is 0 Å². The zero-order valence-corrected chi connectivity index (χ0v) is 14.1. The van der Waals surface area contributed by atoms with Crippen molar-refractivity contribution in [3.8, 4) is 0 Å². The van der Waals surface area contributed by atoms with E-state index in [1.807, 2.05) is 0 Å². The van der Waals surface area contributed by atoms with Gasteiger partial charge in [-0.05, 0) is 43.7 Å². The molecule has 0 unspecified atom stereocenters. The third kappa shape index (κ3) is 4.67. The molecule has 6 heteroatoms. The number of anilines is 2. The maximum atomic E-state index is 12.0. The molecule has 5 nitrogen and oxygen atoms in total. The minimum absolute atomic E-state index is 0.0970. The van der Waals surface area contributed by atoms with E-state index < -0.39 is 11.8 Å². The minimum atomic E-state index is -0.465. The average molecular weight is 345 g/mol. The van der Waals surface area contributed by atoms with Crippen LogP contribution in [-0.4, -0.2) is 17.6 Å².